The van der Waals surface area contributed by atoms with Crippen LogP contribution >= 0.6 is 69.6 Å². The minimum absolute atomic E-state index is 0.0137. The molecule has 0 aliphatic carbocycles. The highest BCUT2D eigenvalue weighted by Gasteiger charge is 2.51. The molecule has 17 heteroatoms. The normalized spacial score (nSPS) is 19.1. The van der Waals surface area contributed by atoms with E-state index in [0.29, 0.717) is 21.3 Å². The van der Waals surface area contributed by atoms with Crippen molar-refractivity contribution in [1.29, 1.82) is 0 Å². The smallest absolute Gasteiger partial charge is 0.245 e. The number of rotatable bonds is 11. The maximum absolute atomic E-state index is 15.8. The molecule has 0 saturated carbocycles. The van der Waals surface area contributed by atoms with E-state index in [-0.39, 0.29) is 53.8 Å². The number of primary amides is 1. The van der Waals surface area contributed by atoms with Crippen molar-refractivity contribution in [2.24, 2.45) is 21.9 Å². The van der Waals surface area contributed by atoms with E-state index >= 15 is 12.8 Å². The Kier molecular flexibility index (Phi) is 12.1. The van der Waals surface area contributed by atoms with Crippen LogP contribution in [0.5, 0.6) is 0 Å². The van der Waals surface area contributed by atoms with E-state index < -0.39 is 51.8 Å². The third kappa shape index (κ3) is 8.35. The Morgan fingerprint density at radius 1 is 0.737 bits per heavy atom. The molecule has 0 spiro atoms. The lowest BCUT2D eigenvalue weighted by Gasteiger charge is -2.39. The molecule has 7 rings (SSSR count). The number of carbonyl (C=O) groups excluding carboxylic acids is 1. The number of halogens is 7. The first kappa shape index (κ1) is 41.3. The van der Waals surface area contributed by atoms with E-state index in [2.05, 4.69) is 16.0 Å². The molecule has 1 amide bonds. The standard InChI is InChI=1S/C40H31Cl6FN6O3S/c1-20-2-13-27(47)18-34(20)57(55,56)53(38(28-14-11-25(43)16-30(28)45)33-19-32(49-50-33)21-3-7-23(41)8-4-21)39(29-15-12-26(44)17-31(29)46)37-35(40(48)54)36(51-52-37)22-5-9-24(42)10-6-22/h2-18,32,35-36,38-39,49,51H,19H2,1H3,(H2,48,54). The van der Waals surface area contributed by atoms with Crippen LogP contribution in [-0.2, 0) is 14.8 Å². The molecular weight excluding hydrogens is 876 g/mol. The monoisotopic (exact) mass is 904 g/mol. The van der Waals surface area contributed by atoms with Crippen LogP contribution in [0.2, 0.25) is 30.1 Å². The Hall–Kier alpha value is -3.91. The number of hydrogen-bond donors (Lipinski definition) is 3. The van der Waals surface area contributed by atoms with Gasteiger partial charge in [0, 0.05) is 36.6 Å². The molecule has 9 nitrogen and oxygen atoms in total. The molecule has 0 fully saturated rings. The number of amides is 1. The van der Waals surface area contributed by atoms with Gasteiger partial charge in [-0.2, -0.15) is 14.5 Å². The molecule has 0 saturated heterocycles. The van der Waals surface area contributed by atoms with Crippen molar-refractivity contribution in [3.63, 3.8) is 0 Å². The van der Waals surface area contributed by atoms with Crippen molar-refractivity contribution in [1.82, 2.24) is 15.2 Å². The van der Waals surface area contributed by atoms with Gasteiger partial charge in [-0.25, -0.2) is 12.8 Å². The van der Waals surface area contributed by atoms with Gasteiger partial charge < -0.3 is 16.6 Å². The van der Waals surface area contributed by atoms with Gasteiger partial charge in [-0.3, -0.25) is 4.79 Å². The molecule has 5 aromatic rings. The summed E-state index contributed by atoms with van der Waals surface area (Å²) < 4.78 is 47.9. The van der Waals surface area contributed by atoms with Gasteiger partial charge in [-0.15, -0.1) is 0 Å². The SMILES string of the molecule is Cc1ccc(F)cc1S(=O)(=O)N(C(C1=NNC(c2ccc(Cl)cc2)C1)c1ccc(Cl)cc1Cl)C(C1=NNC(c2ccc(Cl)cc2)C1C(N)=O)c1ccc(Cl)cc1Cl. The maximum Gasteiger partial charge on any atom is 0.245 e. The Labute approximate surface area is 358 Å². The predicted molar refractivity (Wildman–Crippen MR) is 225 cm³/mol. The second-order valence-corrected chi connectivity index (χ2v) is 17.9. The van der Waals surface area contributed by atoms with Crippen LogP contribution in [0, 0.1) is 18.7 Å². The van der Waals surface area contributed by atoms with Crippen LogP contribution in [0.25, 0.3) is 0 Å². The number of hydrazone groups is 2. The molecule has 2 heterocycles. The summed E-state index contributed by atoms with van der Waals surface area (Å²) in [5.74, 6) is -2.89. The number of sulfonamides is 1. The van der Waals surface area contributed by atoms with Crippen LogP contribution in [0.1, 0.15) is 58.4 Å². The van der Waals surface area contributed by atoms with Crippen molar-refractivity contribution >= 4 is 97.0 Å². The topological polar surface area (TPSA) is 129 Å². The van der Waals surface area contributed by atoms with Crippen LogP contribution < -0.4 is 16.6 Å². The van der Waals surface area contributed by atoms with E-state index in [9.17, 15) is 4.79 Å². The van der Waals surface area contributed by atoms with Gasteiger partial charge >= 0.3 is 0 Å². The molecule has 2 aliphatic heterocycles. The summed E-state index contributed by atoms with van der Waals surface area (Å²) in [5.41, 5.74) is 14.7. The molecule has 5 atom stereocenters. The van der Waals surface area contributed by atoms with Crippen LogP contribution in [0.4, 0.5) is 4.39 Å². The summed E-state index contributed by atoms with van der Waals surface area (Å²) in [4.78, 5) is 13.3. The minimum atomic E-state index is -4.90. The lowest BCUT2D eigenvalue weighted by molar-refractivity contribution is -0.120. The van der Waals surface area contributed by atoms with E-state index in [1.807, 2.05) is 12.1 Å². The Balaban J connectivity index is 1.53. The highest BCUT2D eigenvalue weighted by molar-refractivity contribution is 7.89. The molecule has 4 N–H and O–H groups in total. The van der Waals surface area contributed by atoms with Crippen molar-refractivity contribution in [3.05, 3.63) is 167 Å². The van der Waals surface area contributed by atoms with Crippen LogP contribution in [0.15, 0.2) is 118 Å². The van der Waals surface area contributed by atoms with E-state index in [4.69, 9.17) is 80.4 Å². The highest BCUT2D eigenvalue weighted by atomic mass is 35.5. The van der Waals surface area contributed by atoms with Gasteiger partial charge in [0.25, 0.3) is 0 Å². The van der Waals surface area contributed by atoms with E-state index in [0.717, 1.165) is 22.0 Å². The molecule has 5 unspecified atom stereocenters. The highest BCUT2D eigenvalue weighted by Crippen LogP contribution is 2.48. The molecule has 0 radical (unpaired) electrons. The molecule has 0 bridgehead atoms. The van der Waals surface area contributed by atoms with E-state index in [1.54, 1.807) is 55.5 Å². The quantitative estimate of drug-likeness (QED) is 0.122. The first-order valence-corrected chi connectivity index (χ1v) is 21.0. The van der Waals surface area contributed by atoms with Crippen LogP contribution in [-0.4, -0.2) is 30.1 Å². The van der Waals surface area contributed by atoms with Crippen molar-refractivity contribution in [3.8, 4) is 0 Å². The van der Waals surface area contributed by atoms with Crippen LogP contribution in [0.3, 0.4) is 0 Å². The lowest BCUT2D eigenvalue weighted by atomic mass is 9.84. The zero-order valence-corrected chi connectivity index (χ0v) is 35.0. The number of hydrogen-bond acceptors (Lipinski definition) is 7. The van der Waals surface area contributed by atoms with Gasteiger partial charge in [-0.1, -0.05) is 112 Å². The van der Waals surface area contributed by atoms with Gasteiger partial charge in [-0.05, 0) is 95.4 Å². The Morgan fingerprint density at radius 2 is 1.28 bits per heavy atom. The first-order valence-electron chi connectivity index (χ1n) is 17.3. The summed E-state index contributed by atoms with van der Waals surface area (Å²) >= 11 is 39.2. The van der Waals surface area contributed by atoms with Crippen molar-refractivity contribution in [2.45, 2.75) is 42.4 Å². The van der Waals surface area contributed by atoms with Crippen molar-refractivity contribution < 1.29 is 17.6 Å². The summed E-state index contributed by atoms with van der Waals surface area (Å²) in [6.07, 6.45) is 0.165. The molecular formula is C40H31Cl6FN6O3S. The third-order valence-corrected chi connectivity index (χ3v) is 13.5. The second kappa shape index (κ2) is 16.8. The first-order chi connectivity index (χ1) is 27.1. The Bertz CT molecular complexity index is 2540. The van der Waals surface area contributed by atoms with Gasteiger partial charge in [0.05, 0.1) is 40.5 Å². The number of nitrogens with one attached hydrogen (secondary N) is 2. The van der Waals surface area contributed by atoms with Gasteiger partial charge in [0.1, 0.15) is 11.7 Å². The molecule has 5 aromatic carbocycles. The Morgan fingerprint density at radius 3 is 1.84 bits per heavy atom. The van der Waals surface area contributed by atoms with E-state index in [1.165, 1.54) is 30.3 Å². The number of nitrogens with zero attached hydrogens (tertiary/aromatic N) is 3. The predicted octanol–water partition coefficient (Wildman–Crippen LogP) is 10.4. The lowest BCUT2D eigenvalue weighted by Crippen LogP contribution is -2.47. The zero-order chi connectivity index (χ0) is 40.8. The fourth-order valence-corrected chi connectivity index (χ4v) is 10.4. The summed E-state index contributed by atoms with van der Waals surface area (Å²) in [6.45, 7) is 1.54. The number of nitrogens with two attached hydrogens (primary N) is 1. The average molecular weight is 908 g/mol. The fraction of sp³-hybridized carbons (Fsp3) is 0.175. The summed E-state index contributed by atoms with van der Waals surface area (Å²) in [5, 5.41) is 11.1. The number of carbonyl (C=O) groups is 1. The number of benzene rings is 5. The maximum atomic E-state index is 15.8. The van der Waals surface area contributed by atoms with Gasteiger partial charge in [0.2, 0.25) is 15.9 Å². The van der Waals surface area contributed by atoms with Gasteiger partial charge in [0.15, 0.2) is 0 Å². The average Bonchev–Trinajstić information content (AvgIpc) is 3.83. The molecule has 2 aliphatic rings. The fourth-order valence-electron chi connectivity index (χ4n) is 7.19. The molecule has 294 valence electrons. The summed E-state index contributed by atoms with van der Waals surface area (Å²) in [6, 6.07) is 22.2. The summed E-state index contributed by atoms with van der Waals surface area (Å²) in [7, 11) is -4.90. The third-order valence-electron chi connectivity index (χ3n) is 9.89. The largest absolute Gasteiger partial charge is 0.369 e. The molecule has 57 heavy (non-hydrogen) atoms. The number of aryl methyl sites for hydroxylation is 1. The second-order valence-electron chi connectivity index (χ2n) is 13.5. The minimum Gasteiger partial charge on any atom is -0.369 e. The zero-order valence-electron chi connectivity index (χ0n) is 29.6. The van der Waals surface area contributed by atoms with Crippen molar-refractivity contribution in [2.75, 3.05) is 0 Å². The molecule has 0 aromatic heterocycles.